The summed E-state index contributed by atoms with van der Waals surface area (Å²) in [6.45, 7) is 8.20. The molecule has 1 aromatic heterocycles. The van der Waals surface area contributed by atoms with Gasteiger partial charge in [-0.3, -0.25) is 4.79 Å². The van der Waals surface area contributed by atoms with Gasteiger partial charge in [0.25, 0.3) is 0 Å². The number of ether oxygens (including phenoxy) is 2. The Kier molecular flexibility index (Phi) is 10.0. The van der Waals surface area contributed by atoms with Gasteiger partial charge in [0.15, 0.2) is 0 Å². The van der Waals surface area contributed by atoms with Gasteiger partial charge in [-0.2, -0.15) is 0 Å². The predicted molar refractivity (Wildman–Crippen MR) is 157 cm³/mol. The van der Waals surface area contributed by atoms with E-state index in [0.29, 0.717) is 44.3 Å². The maximum Gasteiger partial charge on any atom is 0.322 e. The summed E-state index contributed by atoms with van der Waals surface area (Å²) in [5.74, 6) is 1.15. The first-order chi connectivity index (χ1) is 18.9. The molecule has 39 heavy (non-hydrogen) atoms. The molecule has 4 rings (SSSR count). The predicted octanol–water partition coefficient (Wildman–Crippen LogP) is 6.26. The Bertz CT molecular complexity index is 1220. The third kappa shape index (κ3) is 7.61. The molecule has 1 aliphatic rings. The molecule has 7 nitrogen and oxygen atoms in total. The number of anilines is 1. The number of benzene rings is 2. The van der Waals surface area contributed by atoms with Crippen molar-refractivity contribution in [3.63, 3.8) is 0 Å². The molecule has 0 fully saturated rings. The summed E-state index contributed by atoms with van der Waals surface area (Å²) in [6, 6.07) is 17.4. The number of carbonyl (C=O) groups excluding carboxylic acids is 2. The van der Waals surface area contributed by atoms with Crippen molar-refractivity contribution in [2.75, 3.05) is 45.3 Å². The summed E-state index contributed by atoms with van der Waals surface area (Å²) in [6.07, 6.45) is 1.44. The van der Waals surface area contributed by atoms with Crippen LogP contribution in [0.4, 0.5) is 10.5 Å². The lowest BCUT2D eigenvalue weighted by Crippen LogP contribution is -2.49. The number of aryl methyl sites for hydroxylation is 1. The largest absolute Gasteiger partial charge is 0.491 e. The lowest BCUT2D eigenvalue weighted by molar-refractivity contribution is -0.135. The third-order valence-electron chi connectivity index (χ3n) is 7.06. The summed E-state index contributed by atoms with van der Waals surface area (Å²) in [4.78, 5) is 31.7. The van der Waals surface area contributed by atoms with Crippen LogP contribution in [0, 0.1) is 6.92 Å². The molecule has 0 saturated heterocycles. The van der Waals surface area contributed by atoms with Gasteiger partial charge in [-0.25, -0.2) is 4.79 Å². The smallest absolute Gasteiger partial charge is 0.322 e. The number of hydrogen-bond donors (Lipinski definition) is 1. The van der Waals surface area contributed by atoms with Gasteiger partial charge in [0.2, 0.25) is 5.91 Å². The van der Waals surface area contributed by atoms with Crippen LogP contribution in [0.5, 0.6) is 5.75 Å². The van der Waals surface area contributed by atoms with Crippen molar-refractivity contribution in [1.82, 2.24) is 9.80 Å². The van der Waals surface area contributed by atoms with Gasteiger partial charge in [0, 0.05) is 37.4 Å². The van der Waals surface area contributed by atoms with E-state index < -0.39 is 0 Å². The van der Waals surface area contributed by atoms with E-state index in [2.05, 4.69) is 42.7 Å². The first-order valence-electron chi connectivity index (χ1n) is 13.6. The summed E-state index contributed by atoms with van der Waals surface area (Å²) >= 11 is 1.72. The normalized spacial score (nSPS) is 14.7. The van der Waals surface area contributed by atoms with Crippen LogP contribution in [-0.2, 0) is 16.0 Å². The molecule has 208 valence electrons. The van der Waals surface area contributed by atoms with Gasteiger partial charge < -0.3 is 24.6 Å². The van der Waals surface area contributed by atoms with E-state index in [1.807, 2.05) is 48.2 Å². The van der Waals surface area contributed by atoms with E-state index in [9.17, 15) is 9.59 Å². The van der Waals surface area contributed by atoms with E-state index >= 15 is 0 Å². The van der Waals surface area contributed by atoms with E-state index in [1.165, 1.54) is 10.4 Å². The van der Waals surface area contributed by atoms with Gasteiger partial charge >= 0.3 is 6.03 Å². The zero-order valence-electron chi connectivity index (χ0n) is 23.3. The molecule has 2 aromatic carbocycles. The highest BCUT2D eigenvalue weighted by molar-refractivity contribution is 7.10. The maximum atomic E-state index is 13.7. The Labute approximate surface area is 235 Å². The molecule has 0 unspecified atom stereocenters. The highest BCUT2D eigenvalue weighted by Crippen LogP contribution is 2.34. The second kappa shape index (κ2) is 13.6. The number of methoxy groups -OCH3 is 1. The van der Waals surface area contributed by atoms with Crippen LogP contribution in [0.15, 0.2) is 60.0 Å². The summed E-state index contributed by atoms with van der Waals surface area (Å²) in [7, 11) is 1.63. The molecule has 1 aliphatic heterocycles. The zero-order valence-corrected chi connectivity index (χ0v) is 24.1. The highest BCUT2D eigenvalue weighted by Gasteiger charge is 2.33. The molecular formula is C31H39N3O4S. The van der Waals surface area contributed by atoms with Crippen molar-refractivity contribution in [2.45, 2.75) is 45.6 Å². The zero-order chi connectivity index (χ0) is 27.8. The van der Waals surface area contributed by atoms with Gasteiger partial charge in [0.05, 0.1) is 6.04 Å². The van der Waals surface area contributed by atoms with Crippen LogP contribution in [0.3, 0.4) is 0 Å². The van der Waals surface area contributed by atoms with Crippen molar-refractivity contribution in [2.24, 2.45) is 0 Å². The number of urea groups is 1. The second-order valence-electron chi connectivity index (χ2n) is 10.3. The molecule has 0 bridgehead atoms. The molecule has 3 amide bonds. The average Bonchev–Trinajstić information content (AvgIpc) is 3.42. The highest BCUT2D eigenvalue weighted by atomic mass is 32.1. The third-order valence-corrected chi connectivity index (χ3v) is 8.06. The maximum absolute atomic E-state index is 13.7. The van der Waals surface area contributed by atoms with Crippen molar-refractivity contribution >= 4 is 29.0 Å². The molecule has 1 atom stereocenters. The number of rotatable bonds is 11. The van der Waals surface area contributed by atoms with Crippen molar-refractivity contribution in [3.05, 3.63) is 81.5 Å². The lowest BCUT2D eigenvalue weighted by Gasteiger charge is -2.37. The van der Waals surface area contributed by atoms with E-state index in [-0.39, 0.29) is 24.5 Å². The molecule has 0 radical (unpaired) electrons. The first-order valence-corrected chi connectivity index (χ1v) is 14.4. The summed E-state index contributed by atoms with van der Waals surface area (Å²) in [5.41, 5.74) is 4.20. The van der Waals surface area contributed by atoms with Gasteiger partial charge in [-0.15, -0.1) is 11.3 Å². The second-order valence-corrected chi connectivity index (χ2v) is 11.3. The number of carbonyl (C=O) groups is 2. The minimum Gasteiger partial charge on any atom is -0.491 e. The van der Waals surface area contributed by atoms with Gasteiger partial charge in [-0.1, -0.05) is 43.7 Å². The summed E-state index contributed by atoms with van der Waals surface area (Å²) in [5, 5.41) is 5.02. The molecule has 2 heterocycles. The molecule has 0 spiro atoms. The van der Waals surface area contributed by atoms with Crippen LogP contribution in [0.2, 0.25) is 0 Å². The number of fused-ring (bicyclic) bond motifs is 1. The molecule has 0 saturated carbocycles. The number of nitrogens with zero attached hydrogens (tertiary/aromatic N) is 2. The van der Waals surface area contributed by atoms with E-state index in [4.69, 9.17) is 9.47 Å². The minimum atomic E-state index is -0.297. The van der Waals surface area contributed by atoms with E-state index in [0.717, 1.165) is 23.3 Å². The van der Waals surface area contributed by atoms with E-state index in [1.54, 1.807) is 23.3 Å². The lowest BCUT2D eigenvalue weighted by atomic mass is 10.00. The Morgan fingerprint density at radius 1 is 1.10 bits per heavy atom. The summed E-state index contributed by atoms with van der Waals surface area (Å²) < 4.78 is 11.4. The van der Waals surface area contributed by atoms with Crippen LogP contribution in [0.25, 0.3) is 0 Å². The quantitative estimate of drug-likeness (QED) is 0.287. The first kappa shape index (κ1) is 28.6. The Morgan fingerprint density at radius 3 is 2.54 bits per heavy atom. The number of hydrogen-bond acceptors (Lipinski definition) is 5. The fourth-order valence-corrected chi connectivity index (χ4v) is 5.67. The Balaban J connectivity index is 1.47. The standard InChI is InChI=1S/C31H39N3O4S/c1-22(2)24-8-12-26(13-9-24)38-21-28-27-15-19-39-29(27)14-17-34(28)30(35)20-33(16-5-18-37-4)31(36)32-25-10-6-23(3)7-11-25/h6-13,15,19,22,28H,5,14,16-18,20-21H2,1-4H3,(H,32,36)/t28-/m1/s1. The fourth-order valence-electron chi connectivity index (χ4n) is 4.74. The van der Waals surface area contributed by atoms with Gasteiger partial charge in [-0.05, 0) is 72.5 Å². The minimum absolute atomic E-state index is 0.0134. The number of nitrogens with one attached hydrogen (secondary N) is 1. The SMILES string of the molecule is COCCCN(CC(=O)N1CCc2sccc2[C@H]1COc1ccc(C(C)C)cc1)C(=O)Nc1ccc(C)cc1. The topological polar surface area (TPSA) is 71.1 Å². The number of thiophene rings is 1. The molecular weight excluding hydrogens is 510 g/mol. The Hall–Kier alpha value is -3.36. The van der Waals surface area contributed by atoms with Crippen LogP contribution in [0.1, 0.15) is 53.8 Å². The molecule has 0 aliphatic carbocycles. The monoisotopic (exact) mass is 549 g/mol. The molecule has 3 aromatic rings. The Morgan fingerprint density at radius 2 is 1.85 bits per heavy atom. The number of amides is 3. The molecule has 8 heteroatoms. The van der Waals surface area contributed by atoms with Crippen LogP contribution in [-0.4, -0.2) is 61.7 Å². The van der Waals surface area contributed by atoms with Gasteiger partial charge in [0.1, 0.15) is 18.9 Å². The fraction of sp³-hybridized carbons (Fsp3) is 0.419. The van der Waals surface area contributed by atoms with Crippen molar-refractivity contribution < 1.29 is 19.1 Å². The average molecular weight is 550 g/mol. The van der Waals surface area contributed by atoms with Crippen LogP contribution < -0.4 is 10.1 Å². The molecule has 1 N–H and O–H groups in total. The van der Waals surface area contributed by atoms with Crippen molar-refractivity contribution in [1.29, 1.82) is 0 Å². The van der Waals surface area contributed by atoms with Crippen LogP contribution >= 0.6 is 11.3 Å². The van der Waals surface area contributed by atoms with Crippen molar-refractivity contribution in [3.8, 4) is 5.75 Å².